The fourth-order valence-corrected chi connectivity index (χ4v) is 5.14. The Morgan fingerprint density at radius 1 is 1.10 bits per heavy atom. The third-order valence-corrected chi connectivity index (χ3v) is 7.42. The van der Waals surface area contributed by atoms with Gasteiger partial charge in [0.2, 0.25) is 10.0 Å². The van der Waals surface area contributed by atoms with Crippen LogP contribution >= 0.6 is 0 Å². The molecule has 0 aliphatic heterocycles. The molecule has 0 heterocycles. The van der Waals surface area contributed by atoms with Gasteiger partial charge >= 0.3 is 0 Å². The van der Waals surface area contributed by atoms with Gasteiger partial charge in [-0.2, -0.15) is 4.31 Å². The Kier molecular flexibility index (Phi) is 6.92. The number of phenols is 1. The Balaban J connectivity index is 1.59. The van der Waals surface area contributed by atoms with Crippen LogP contribution in [-0.4, -0.2) is 43.4 Å². The Morgan fingerprint density at radius 2 is 1.79 bits per heavy atom. The van der Waals surface area contributed by atoms with Crippen LogP contribution < -0.4 is 5.32 Å². The Bertz CT molecular complexity index is 936. The molecule has 0 atom stereocenters. The largest absolute Gasteiger partial charge is 0.508 e. The maximum Gasteiger partial charge on any atom is 0.251 e. The zero-order valence-corrected chi connectivity index (χ0v) is 17.5. The van der Waals surface area contributed by atoms with E-state index in [1.807, 2.05) is 6.07 Å². The van der Waals surface area contributed by atoms with Crippen molar-refractivity contribution in [1.82, 2.24) is 9.62 Å². The Labute approximate surface area is 172 Å². The molecule has 1 aliphatic carbocycles. The third-order valence-electron chi connectivity index (χ3n) is 5.49. The lowest BCUT2D eigenvalue weighted by molar-refractivity contribution is 0.0954. The van der Waals surface area contributed by atoms with Crippen molar-refractivity contribution in [3.8, 4) is 5.75 Å². The molecule has 0 aromatic heterocycles. The van der Waals surface area contributed by atoms with Gasteiger partial charge in [-0.15, -0.1) is 0 Å². The number of nitrogens with zero attached hydrogens (tertiary/aromatic N) is 1. The lowest BCUT2D eigenvalue weighted by Crippen LogP contribution is -2.38. The van der Waals surface area contributed by atoms with Gasteiger partial charge < -0.3 is 10.4 Å². The van der Waals surface area contributed by atoms with Crippen LogP contribution in [0.3, 0.4) is 0 Å². The molecule has 0 unspecified atom stereocenters. The Hall–Kier alpha value is -2.38. The molecule has 2 N–H and O–H groups in total. The standard InChI is InChI=1S/C22H28N2O4S/c1-24(19-7-3-2-4-8-19)29(27,28)21-12-10-18(11-13-21)22(26)23-15-14-17-6-5-9-20(25)16-17/h5-6,9-13,16,19,25H,2-4,7-8,14-15H2,1H3,(H,23,26). The summed E-state index contributed by atoms with van der Waals surface area (Å²) in [5.74, 6) is -0.0569. The molecule has 0 bridgehead atoms. The molecule has 2 aromatic carbocycles. The van der Waals surface area contributed by atoms with Crippen molar-refractivity contribution in [2.45, 2.75) is 49.5 Å². The highest BCUT2D eigenvalue weighted by molar-refractivity contribution is 7.89. The van der Waals surface area contributed by atoms with E-state index >= 15 is 0 Å². The van der Waals surface area contributed by atoms with Gasteiger partial charge in [-0.3, -0.25) is 4.79 Å². The fraction of sp³-hybridized carbons (Fsp3) is 0.409. The molecule has 2 aromatic rings. The van der Waals surface area contributed by atoms with E-state index in [1.54, 1.807) is 37.4 Å². The maximum absolute atomic E-state index is 12.9. The number of amides is 1. The first-order valence-corrected chi connectivity index (χ1v) is 11.5. The van der Waals surface area contributed by atoms with Crippen LogP contribution in [0.4, 0.5) is 0 Å². The van der Waals surface area contributed by atoms with E-state index in [4.69, 9.17) is 0 Å². The van der Waals surface area contributed by atoms with Gasteiger partial charge in [0.15, 0.2) is 0 Å². The topological polar surface area (TPSA) is 86.7 Å². The van der Waals surface area contributed by atoms with Crippen LogP contribution in [0.5, 0.6) is 5.75 Å². The summed E-state index contributed by atoms with van der Waals surface area (Å²) in [5.41, 5.74) is 1.35. The highest BCUT2D eigenvalue weighted by Gasteiger charge is 2.29. The molecule has 1 saturated carbocycles. The molecule has 156 valence electrons. The van der Waals surface area contributed by atoms with Gasteiger partial charge in [0.1, 0.15) is 5.75 Å². The molecule has 29 heavy (non-hydrogen) atoms. The summed E-state index contributed by atoms with van der Waals surface area (Å²) in [5, 5.41) is 12.3. The number of aromatic hydroxyl groups is 1. The van der Waals surface area contributed by atoms with E-state index < -0.39 is 10.0 Å². The Morgan fingerprint density at radius 3 is 2.45 bits per heavy atom. The van der Waals surface area contributed by atoms with Crippen molar-refractivity contribution in [3.63, 3.8) is 0 Å². The molecular formula is C22H28N2O4S. The fourth-order valence-electron chi connectivity index (χ4n) is 3.72. The normalized spacial score (nSPS) is 15.4. The summed E-state index contributed by atoms with van der Waals surface area (Å²) < 4.78 is 27.2. The van der Waals surface area contributed by atoms with Gasteiger partial charge in [0.05, 0.1) is 4.90 Å². The van der Waals surface area contributed by atoms with Gasteiger partial charge in [-0.05, 0) is 61.2 Å². The van der Waals surface area contributed by atoms with Crippen molar-refractivity contribution in [2.75, 3.05) is 13.6 Å². The number of rotatable bonds is 7. The summed E-state index contributed by atoms with van der Waals surface area (Å²) in [6.45, 7) is 0.423. The first-order chi connectivity index (χ1) is 13.9. The molecule has 3 rings (SSSR count). The average Bonchev–Trinajstić information content (AvgIpc) is 2.74. The second-order valence-corrected chi connectivity index (χ2v) is 9.51. The SMILES string of the molecule is CN(C1CCCCC1)S(=O)(=O)c1ccc(C(=O)NCCc2cccc(O)c2)cc1. The average molecular weight is 417 g/mol. The van der Waals surface area contributed by atoms with E-state index in [0.717, 1.165) is 31.2 Å². The summed E-state index contributed by atoms with van der Waals surface area (Å²) >= 11 is 0. The van der Waals surface area contributed by atoms with E-state index in [1.165, 1.54) is 22.9 Å². The lowest BCUT2D eigenvalue weighted by atomic mass is 9.96. The summed E-state index contributed by atoms with van der Waals surface area (Å²) in [6, 6.07) is 13.0. The highest BCUT2D eigenvalue weighted by atomic mass is 32.2. The summed E-state index contributed by atoms with van der Waals surface area (Å²) in [7, 11) is -1.91. The van der Waals surface area contributed by atoms with E-state index in [9.17, 15) is 18.3 Å². The van der Waals surface area contributed by atoms with Gasteiger partial charge in [-0.25, -0.2) is 8.42 Å². The first-order valence-electron chi connectivity index (χ1n) is 10.0. The van der Waals surface area contributed by atoms with Gasteiger partial charge in [-0.1, -0.05) is 31.4 Å². The van der Waals surface area contributed by atoms with Crippen LogP contribution in [-0.2, 0) is 16.4 Å². The number of hydrogen-bond acceptors (Lipinski definition) is 4. The molecule has 1 fully saturated rings. The minimum Gasteiger partial charge on any atom is -0.508 e. The van der Waals surface area contributed by atoms with Crippen LogP contribution in [0.1, 0.15) is 48.0 Å². The summed E-state index contributed by atoms with van der Waals surface area (Å²) in [6.07, 6.45) is 5.68. The van der Waals surface area contributed by atoms with Crippen LogP contribution in [0.25, 0.3) is 0 Å². The second-order valence-electron chi connectivity index (χ2n) is 7.51. The molecule has 6 nitrogen and oxygen atoms in total. The molecule has 0 radical (unpaired) electrons. The van der Waals surface area contributed by atoms with Crippen LogP contribution in [0.2, 0.25) is 0 Å². The van der Waals surface area contributed by atoms with E-state index in [2.05, 4.69) is 5.32 Å². The second kappa shape index (κ2) is 9.41. The molecule has 0 spiro atoms. The van der Waals surface area contributed by atoms with E-state index in [-0.39, 0.29) is 22.6 Å². The predicted molar refractivity (Wildman–Crippen MR) is 112 cm³/mol. The minimum atomic E-state index is -3.56. The number of benzene rings is 2. The van der Waals surface area contributed by atoms with Gasteiger partial charge in [0.25, 0.3) is 5.91 Å². The highest BCUT2D eigenvalue weighted by Crippen LogP contribution is 2.26. The minimum absolute atomic E-state index is 0.0501. The summed E-state index contributed by atoms with van der Waals surface area (Å²) in [4.78, 5) is 12.5. The molecule has 7 heteroatoms. The number of carbonyl (C=O) groups excluding carboxylic acids is 1. The molecule has 1 amide bonds. The third kappa shape index (κ3) is 5.36. The number of sulfonamides is 1. The van der Waals surface area contributed by atoms with Gasteiger partial charge in [0, 0.05) is 25.2 Å². The molecule has 1 aliphatic rings. The van der Waals surface area contributed by atoms with Crippen molar-refractivity contribution < 1.29 is 18.3 Å². The van der Waals surface area contributed by atoms with Crippen molar-refractivity contribution >= 4 is 15.9 Å². The zero-order valence-electron chi connectivity index (χ0n) is 16.7. The first kappa shape index (κ1) is 21.3. The van der Waals surface area contributed by atoms with Crippen LogP contribution in [0.15, 0.2) is 53.4 Å². The number of hydrogen-bond donors (Lipinski definition) is 2. The maximum atomic E-state index is 12.9. The van der Waals surface area contributed by atoms with Crippen molar-refractivity contribution in [3.05, 3.63) is 59.7 Å². The van der Waals surface area contributed by atoms with Crippen molar-refractivity contribution in [1.29, 1.82) is 0 Å². The monoisotopic (exact) mass is 416 g/mol. The van der Waals surface area contributed by atoms with E-state index in [0.29, 0.717) is 18.5 Å². The number of phenolic OH excluding ortho intramolecular Hbond substituents is 1. The predicted octanol–water partition coefficient (Wildman–Crippen LogP) is 3.32. The van der Waals surface area contributed by atoms with Crippen molar-refractivity contribution in [2.24, 2.45) is 0 Å². The smallest absolute Gasteiger partial charge is 0.251 e. The quantitative estimate of drug-likeness (QED) is 0.725. The molecule has 0 saturated heterocycles. The zero-order chi connectivity index (χ0) is 20.9. The van der Waals surface area contributed by atoms with Crippen LogP contribution in [0, 0.1) is 0 Å². The number of nitrogens with one attached hydrogen (secondary N) is 1. The number of carbonyl (C=O) groups is 1. The molecular weight excluding hydrogens is 388 g/mol. The lowest BCUT2D eigenvalue weighted by Gasteiger charge is -2.30.